The van der Waals surface area contributed by atoms with E-state index in [9.17, 15) is 18.5 Å². The van der Waals surface area contributed by atoms with Gasteiger partial charge in [0.2, 0.25) is 10.0 Å². The number of nitro groups is 1. The number of rotatable bonds is 5. The zero-order chi connectivity index (χ0) is 20.3. The maximum atomic E-state index is 12.6. The van der Waals surface area contributed by atoms with Crippen LogP contribution in [0.1, 0.15) is 52.9 Å². The zero-order valence-electron chi connectivity index (χ0n) is 16.6. The van der Waals surface area contributed by atoms with Gasteiger partial charge in [-0.3, -0.25) is 10.1 Å². The Balaban J connectivity index is 1.61. The predicted octanol–water partition coefficient (Wildman–Crippen LogP) is 3.91. The topological polar surface area (TPSA) is 101 Å². The fraction of sp³-hybridized carbons (Fsp3) is 0.700. The molecular formula is C20H29N3O4S. The lowest BCUT2D eigenvalue weighted by Crippen LogP contribution is -2.51. The highest BCUT2D eigenvalue weighted by molar-refractivity contribution is 7.89. The lowest BCUT2D eigenvalue weighted by molar-refractivity contribution is -0.384. The largest absolute Gasteiger partial charge is 0.376 e. The Morgan fingerprint density at radius 1 is 1.04 bits per heavy atom. The molecule has 0 atom stereocenters. The molecule has 4 aliphatic carbocycles. The van der Waals surface area contributed by atoms with Crippen molar-refractivity contribution in [2.45, 2.75) is 69.4 Å². The van der Waals surface area contributed by atoms with Crippen LogP contribution in [-0.4, -0.2) is 24.9 Å². The van der Waals surface area contributed by atoms with Gasteiger partial charge in [0.25, 0.3) is 5.69 Å². The summed E-state index contributed by atoms with van der Waals surface area (Å²) in [5.74, 6) is 2.79. The molecule has 4 bridgehead atoms. The smallest absolute Gasteiger partial charge is 0.293 e. The molecule has 0 unspecified atom stereocenters. The molecule has 0 aliphatic heterocycles. The molecule has 0 radical (unpaired) electrons. The van der Waals surface area contributed by atoms with Gasteiger partial charge in [0.1, 0.15) is 5.69 Å². The average Bonchev–Trinajstić information content (AvgIpc) is 2.55. The first-order valence-electron chi connectivity index (χ1n) is 10.1. The number of sulfonamides is 1. The SMILES string of the molecule is CC(C)(C)NS(=O)(=O)c1ccc(NC2C3CC4CC(C3)CC2C4)c([N+](=O)[O-])c1. The van der Waals surface area contributed by atoms with Gasteiger partial charge in [-0.2, -0.15) is 0 Å². The summed E-state index contributed by atoms with van der Waals surface area (Å²) >= 11 is 0. The van der Waals surface area contributed by atoms with Gasteiger partial charge >= 0.3 is 0 Å². The first-order valence-corrected chi connectivity index (χ1v) is 11.6. The molecule has 2 N–H and O–H groups in total. The number of hydrogen-bond acceptors (Lipinski definition) is 5. The normalized spacial score (nSPS) is 31.8. The van der Waals surface area contributed by atoms with Gasteiger partial charge in [0, 0.05) is 17.6 Å². The molecule has 8 heteroatoms. The molecule has 4 fully saturated rings. The van der Waals surface area contributed by atoms with E-state index >= 15 is 0 Å². The molecule has 1 aromatic rings. The summed E-state index contributed by atoms with van der Waals surface area (Å²) in [6.07, 6.45) is 6.19. The second-order valence-electron chi connectivity index (χ2n) is 9.89. The van der Waals surface area contributed by atoms with Crippen molar-refractivity contribution in [1.82, 2.24) is 4.72 Å². The number of anilines is 1. The Morgan fingerprint density at radius 2 is 1.61 bits per heavy atom. The summed E-state index contributed by atoms with van der Waals surface area (Å²) in [6, 6.07) is 4.44. The second-order valence-corrected chi connectivity index (χ2v) is 11.6. The van der Waals surface area contributed by atoms with E-state index in [2.05, 4.69) is 10.0 Å². The minimum atomic E-state index is -3.82. The minimum absolute atomic E-state index is 0.0789. The van der Waals surface area contributed by atoms with Crippen LogP contribution in [-0.2, 0) is 10.0 Å². The fourth-order valence-electron chi connectivity index (χ4n) is 5.75. The van der Waals surface area contributed by atoms with Crippen molar-refractivity contribution in [3.05, 3.63) is 28.3 Å². The van der Waals surface area contributed by atoms with Crippen molar-refractivity contribution >= 4 is 21.4 Å². The van der Waals surface area contributed by atoms with Crippen LogP contribution in [0.25, 0.3) is 0 Å². The molecule has 1 aromatic carbocycles. The van der Waals surface area contributed by atoms with E-state index in [1.165, 1.54) is 44.2 Å². The van der Waals surface area contributed by atoms with Crippen LogP contribution in [0.5, 0.6) is 0 Å². The molecular weight excluding hydrogens is 378 g/mol. The highest BCUT2D eigenvalue weighted by Gasteiger charge is 2.48. The first kappa shape index (κ1) is 19.6. The molecule has 0 aromatic heterocycles. The Morgan fingerprint density at radius 3 is 2.11 bits per heavy atom. The summed E-state index contributed by atoms with van der Waals surface area (Å²) in [5, 5.41) is 15.1. The third-order valence-electron chi connectivity index (χ3n) is 6.47. The van der Waals surface area contributed by atoms with Crippen molar-refractivity contribution in [3.8, 4) is 0 Å². The van der Waals surface area contributed by atoms with Crippen molar-refractivity contribution in [2.75, 3.05) is 5.32 Å². The van der Waals surface area contributed by atoms with Crippen molar-refractivity contribution in [2.24, 2.45) is 23.7 Å². The van der Waals surface area contributed by atoms with E-state index in [1.54, 1.807) is 26.8 Å². The third-order valence-corrected chi connectivity index (χ3v) is 8.22. The van der Waals surface area contributed by atoms with E-state index in [0.717, 1.165) is 11.8 Å². The number of hydrogen-bond donors (Lipinski definition) is 2. The van der Waals surface area contributed by atoms with Crippen LogP contribution < -0.4 is 10.0 Å². The summed E-state index contributed by atoms with van der Waals surface area (Å²) in [7, 11) is -3.82. The predicted molar refractivity (Wildman–Crippen MR) is 108 cm³/mol. The molecule has 0 saturated heterocycles. The lowest BCUT2D eigenvalue weighted by Gasteiger charge is -2.54. The molecule has 0 amide bonds. The number of nitrogens with zero attached hydrogens (tertiary/aromatic N) is 1. The molecule has 4 aliphatic rings. The third kappa shape index (κ3) is 3.76. The monoisotopic (exact) mass is 407 g/mol. The number of nitro benzene ring substituents is 1. The van der Waals surface area contributed by atoms with E-state index in [-0.39, 0.29) is 16.6 Å². The van der Waals surface area contributed by atoms with Crippen LogP contribution in [0.4, 0.5) is 11.4 Å². The van der Waals surface area contributed by atoms with Crippen molar-refractivity contribution in [3.63, 3.8) is 0 Å². The summed E-state index contributed by atoms with van der Waals surface area (Å²) in [5.41, 5.74) is -0.409. The molecule has 0 heterocycles. The Bertz CT molecular complexity index is 863. The molecule has 28 heavy (non-hydrogen) atoms. The Hall–Kier alpha value is -1.67. The summed E-state index contributed by atoms with van der Waals surface area (Å²) in [6.45, 7) is 5.21. The maximum Gasteiger partial charge on any atom is 0.293 e. The van der Waals surface area contributed by atoms with Crippen molar-refractivity contribution in [1.29, 1.82) is 0 Å². The summed E-state index contributed by atoms with van der Waals surface area (Å²) < 4.78 is 27.7. The lowest BCUT2D eigenvalue weighted by atomic mass is 9.54. The van der Waals surface area contributed by atoms with Crippen LogP contribution in [0, 0.1) is 33.8 Å². The molecule has 0 spiro atoms. The molecule has 5 rings (SSSR count). The van der Waals surface area contributed by atoms with Gasteiger partial charge in [0.05, 0.1) is 9.82 Å². The van der Waals surface area contributed by atoms with Crippen LogP contribution in [0.2, 0.25) is 0 Å². The van der Waals surface area contributed by atoms with Gasteiger partial charge in [0.15, 0.2) is 0 Å². The molecule has 7 nitrogen and oxygen atoms in total. The quantitative estimate of drug-likeness (QED) is 0.569. The van der Waals surface area contributed by atoms with E-state index in [4.69, 9.17) is 0 Å². The van der Waals surface area contributed by atoms with Gasteiger partial charge in [-0.25, -0.2) is 13.1 Å². The first-order chi connectivity index (χ1) is 13.0. The van der Waals surface area contributed by atoms with E-state index in [0.29, 0.717) is 17.5 Å². The van der Waals surface area contributed by atoms with Gasteiger partial charge in [-0.15, -0.1) is 0 Å². The minimum Gasteiger partial charge on any atom is -0.376 e. The standard InChI is InChI=1S/C20H29N3O4S/c1-20(2,3)22-28(26,27)16-4-5-17(18(11-16)23(24)25)21-19-14-7-12-6-13(9-14)10-15(19)8-12/h4-5,11-15,19,21-22H,6-10H2,1-3H3. The van der Waals surface area contributed by atoms with Crippen molar-refractivity contribution < 1.29 is 13.3 Å². The van der Waals surface area contributed by atoms with Crippen LogP contribution in [0.15, 0.2) is 23.1 Å². The number of nitrogens with one attached hydrogen (secondary N) is 2. The number of benzene rings is 1. The highest BCUT2D eigenvalue weighted by Crippen LogP contribution is 2.54. The molecule has 154 valence electrons. The van der Waals surface area contributed by atoms with Gasteiger partial charge < -0.3 is 5.32 Å². The van der Waals surface area contributed by atoms with Crippen LogP contribution >= 0.6 is 0 Å². The fourth-order valence-corrected chi connectivity index (χ4v) is 7.19. The van der Waals surface area contributed by atoms with Gasteiger partial charge in [-0.05, 0) is 88.7 Å². The van der Waals surface area contributed by atoms with Crippen LogP contribution in [0.3, 0.4) is 0 Å². The Kier molecular flexibility index (Phi) is 4.69. The maximum absolute atomic E-state index is 12.6. The zero-order valence-corrected chi connectivity index (χ0v) is 17.5. The second kappa shape index (κ2) is 6.69. The molecule has 4 saturated carbocycles. The van der Waals surface area contributed by atoms with E-state index < -0.39 is 20.5 Å². The summed E-state index contributed by atoms with van der Waals surface area (Å²) in [4.78, 5) is 11.1. The van der Waals surface area contributed by atoms with Gasteiger partial charge in [-0.1, -0.05) is 0 Å². The average molecular weight is 408 g/mol. The Labute approximate surface area is 166 Å². The highest BCUT2D eigenvalue weighted by atomic mass is 32.2. The van der Waals surface area contributed by atoms with E-state index in [1.807, 2.05) is 0 Å².